The first kappa shape index (κ1) is 10.9. The van der Waals surface area contributed by atoms with Crippen LogP contribution >= 0.6 is 15.9 Å². The molecule has 1 aromatic heterocycles. The third-order valence-electron chi connectivity index (χ3n) is 2.98. The average molecular weight is 270 g/mol. The van der Waals surface area contributed by atoms with Gasteiger partial charge in [0.05, 0.1) is 4.47 Å². The topological polar surface area (TPSA) is 29.0 Å². The Kier molecular flexibility index (Phi) is 3.24. The van der Waals surface area contributed by atoms with Crippen molar-refractivity contribution >= 4 is 21.9 Å². The van der Waals surface area contributed by atoms with E-state index in [1.165, 1.54) is 12.8 Å². The van der Waals surface area contributed by atoms with Crippen molar-refractivity contribution < 1.29 is 0 Å². The van der Waals surface area contributed by atoms with Crippen LogP contribution in [0.1, 0.15) is 26.7 Å². The normalized spacial score (nSPS) is 26.7. The highest BCUT2D eigenvalue weighted by atomic mass is 79.9. The molecular weight excluding hydrogens is 254 g/mol. The third kappa shape index (κ3) is 2.48. The predicted molar refractivity (Wildman–Crippen MR) is 64.9 cm³/mol. The van der Waals surface area contributed by atoms with Gasteiger partial charge in [-0.05, 0) is 41.6 Å². The molecule has 1 fully saturated rings. The Bertz CT molecular complexity index is 325. The molecule has 2 atom stereocenters. The lowest BCUT2D eigenvalue weighted by atomic mass is 9.95. The van der Waals surface area contributed by atoms with Gasteiger partial charge in [0.25, 0.3) is 0 Å². The van der Waals surface area contributed by atoms with E-state index < -0.39 is 0 Å². The number of hydrogen-bond acceptors (Lipinski definition) is 3. The van der Waals surface area contributed by atoms with Gasteiger partial charge >= 0.3 is 0 Å². The summed E-state index contributed by atoms with van der Waals surface area (Å²) in [7, 11) is 0. The lowest BCUT2D eigenvalue weighted by molar-refractivity contribution is 0.385. The van der Waals surface area contributed by atoms with E-state index in [2.05, 4.69) is 44.6 Å². The van der Waals surface area contributed by atoms with E-state index in [1.54, 1.807) is 0 Å². The second-order valence-electron chi connectivity index (χ2n) is 4.39. The SMILES string of the molecule is CC1CCC(C)N(c2ncc(Br)cn2)C1. The molecule has 82 valence electrons. The Morgan fingerprint density at radius 3 is 2.60 bits per heavy atom. The second kappa shape index (κ2) is 4.47. The van der Waals surface area contributed by atoms with E-state index in [-0.39, 0.29) is 0 Å². The Morgan fingerprint density at radius 2 is 1.93 bits per heavy atom. The van der Waals surface area contributed by atoms with Crippen LogP contribution < -0.4 is 4.90 Å². The average Bonchev–Trinajstić information content (AvgIpc) is 2.23. The number of piperidine rings is 1. The Labute approximate surface area is 99.0 Å². The first-order valence-electron chi connectivity index (χ1n) is 5.41. The number of hydrogen-bond donors (Lipinski definition) is 0. The monoisotopic (exact) mass is 269 g/mol. The van der Waals surface area contributed by atoms with E-state index in [9.17, 15) is 0 Å². The van der Waals surface area contributed by atoms with Crippen LogP contribution in [-0.4, -0.2) is 22.6 Å². The van der Waals surface area contributed by atoms with Gasteiger partial charge in [-0.2, -0.15) is 0 Å². The molecule has 0 aliphatic carbocycles. The van der Waals surface area contributed by atoms with Crippen LogP contribution in [0.2, 0.25) is 0 Å². The standard InChI is InChI=1S/C11H16BrN3/c1-8-3-4-9(2)15(7-8)11-13-5-10(12)6-14-11/h5-6,8-9H,3-4,7H2,1-2H3. The summed E-state index contributed by atoms with van der Waals surface area (Å²) in [6, 6.07) is 0.558. The van der Waals surface area contributed by atoms with Gasteiger partial charge in [-0.25, -0.2) is 9.97 Å². The molecule has 1 saturated heterocycles. The number of rotatable bonds is 1. The van der Waals surface area contributed by atoms with Crippen molar-refractivity contribution in [2.24, 2.45) is 5.92 Å². The molecule has 0 N–H and O–H groups in total. The molecule has 0 radical (unpaired) electrons. The Balaban J connectivity index is 2.17. The van der Waals surface area contributed by atoms with Crippen LogP contribution in [0.15, 0.2) is 16.9 Å². The zero-order chi connectivity index (χ0) is 10.8. The van der Waals surface area contributed by atoms with Gasteiger partial charge in [0.15, 0.2) is 0 Å². The molecule has 0 bridgehead atoms. The number of nitrogens with zero attached hydrogens (tertiary/aromatic N) is 3. The van der Waals surface area contributed by atoms with E-state index in [0.717, 1.165) is 22.9 Å². The zero-order valence-electron chi connectivity index (χ0n) is 9.15. The van der Waals surface area contributed by atoms with E-state index >= 15 is 0 Å². The van der Waals surface area contributed by atoms with Crippen LogP contribution in [0.3, 0.4) is 0 Å². The molecule has 1 aliphatic rings. The molecule has 0 amide bonds. The highest BCUT2D eigenvalue weighted by molar-refractivity contribution is 9.10. The van der Waals surface area contributed by atoms with Crippen molar-refractivity contribution in [3.8, 4) is 0 Å². The van der Waals surface area contributed by atoms with Gasteiger partial charge in [-0.15, -0.1) is 0 Å². The zero-order valence-corrected chi connectivity index (χ0v) is 10.7. The number of aromatic nitrogens is 2. The van der Waals surface area contributed by atoms with Crippen LogP contribution in [0.4, 0.5) is 5.95 Å². The predicted octanol–water partition coefficient (Wildman–Crippen LogP) is 2.86. The maximum absolute atomic E-state index is 4.35. The summed E-state index contributed by atoms with van der Waals surface area (Å²) in [5.74, 6) is 1.60. The summed E-state index contributed by atoms with van der Waals surface area (Å²) in [4.78, 5) is 11.0. The lowest BCUT2D eigenvalue weighted by Gasteiger charge is -2.36. The van der Waals surface area contributed by atoms with Gasteiger partial charge in [0, 0.05) is 25.0 Å². The van der Waals surface area contributed by atoms with Crippen LogP contribution in [0.25, 0.3) is 0 Å². The maximum Gasteiger partial charge on any atom is 0.225 e. The van der Waals surface area contributed by atoms with Crippen molar-refractivity contribution in [2.75, 3.05) is 11.4 Å². The van der Waals surface area contributed by atoms with E-state index in [0.29, 0.717) is 6.04 Å². The van der Waals surface area contributed by atoms with Crippen molar-refractivity contribution in [3.63, 3.8) is 0 Å². The van der Waals surface area contributed by atoms with Crippen molar-refractivity contribution in [1.29, 1.82) is 0 Å². The molecule has 15 heavy (non-hydrogen) atoms. The molecule has 0 spiro atoms. The molecule has 0 saturated carbocycles. The summed E-state index contributed by atoms with van der Waals surface area (Å²) in [5.41, 5.74) is 0. The molecule has 3 nitrogen and oxygen atoms in total. The summed E-state index contributed by atoms with van der Waals surface area (Å²) < 4.78 is 0.934. The summed E-state index contributed by atoms with van der Waals surface area (Å²) >= 11 is 3.35. The molecule has 2 heterocycles. The molecule has 2 unspecified atom stereocenters. The van der Waals surface area contributed by atoms with Crippen LogP contribution in [0.5, 0.6) is 0 Å². The molecule has 0 aromatic carbocycles. The van der Waals surface area contributed by atoms with Crippen molar-refractivity contribution in [1.82, 2.24) is 9.97 Å². The molecule has 4 heteroatoms. The highest BCUT2D eigenvalue weighted by Gasteiger charge is 2.24. The molecule has 1 aromatic rings. The van der Waals surface area contributed by atoms with Gasteiger partial charge in [-0.1, -0.05) is 6.92 Å². The summed E-state index contributed by atoms with van der Waals surface area (Å²) in [6.45, 7) is 5.61. The minimum absolute atomic E-state index is 0.558. The fourth-order valence-electron chi connectivity index (χ4n) is 2.02. The van der Waals surface area contributed by atoms with E-state index in [1.807, 2.05) is 12.4 Å². The summed E-state index contributed by atoms with van der Waals surface area (Å²) in [6.07, 6.45) is 6.18. The largest absolute Gasteiger partial charge is 0.338 e. The molecule has 2 rings (SSSR count). The fourth-order valence-corrected chi connectivity index (χ4v) is 2.23. The summed E-state index contributed by atoms with van der Waals surface area (Å²) in [5, 5.41) is 0. The minimum Gasteiger partial charge on any atom is -0.338 e. The van der Waals surface area contributed by atoms with E-state index in [4.69, 9.17) is 0 Å². The number of anilines is 1. The molecule has 1 aliphatic heterocycles. The minimum atomic E-state index is 0.558. The first-order valence-corrected chi connectivity index (χ1v) is 6.20. The van der Waals surface area contributed by atoms with Gasteiger partial charge in [0.2, 0.25) is 5.95 Å². The Hall–Kier alpha value is -0.640. The highest BCUT2D eigenvalue weighted by Crippen LogP contribution is 2.24. The fraction of sp³-hybridized carbons (Fsp3) is 0.636. The second-order valence-corrected chi connectivity index (χ2v) is 5.30. The Morgan fingerprint density at radius 1 is 1.27 bits per heavy atom. The van der Waals surface area contributed by atoms with Gasteiger partial charge in [-0.3, -0.25) is 0 Å². The quantitative estimate of drug-likeness (QED) is 0.785. The van der Waals surface area contributed by atoms with Crippen molar-refractivity contribution in [3.05, 3.63) is 16.9 Å². The maximum atomic E-state index is 4.35. The first-order chi connectivity index (χ1) is 7.16. The van der Waals surface area contributed by atoms with Crippen LogP contribution in [-0.2, 0) is 0 Å². The molecular formula is C11H16BrN3. The van der Waals surface area contributed by atoms with Gasteiger partial charge in [0.1, 0.15) is 0 Å². The number of halogens is 1. The van der Waals surface area contributed by atoms with Gasteiger partial charge < -0.3 is 4.90 Å². The van der Waals surface area contributed by atoms with Crippen molar-refractivity contribution in [2.45, 2.75) is 32.7 Å². The van der Waals surface area contributed by atoms with Crippen LogP contribution in [0, 0.1) is 5.92 Å². The third-order valence-corrected chi connectivity index (χ3v) is 3.39. The lowest BCUT2D eigenvalue weighted by Crippen LogP contribution is -2.42. The smallest absolute Gasteiger partial charge is 0.225 e.